The Morgan fingerprint density at radius 1 is 0.882 bits per heavy atom. The molecule has 2 heterocycles. The lowest BCUT2D eigenvalue weighted by Crippen LogP contribution is -2.02. The second-order valence-electron chi connectivity index (χ2n) is 3.67. The minimum atomic E-state index is -0.269. The molecule has 6 heteroatoms. The van der Waals surface area contributed by atoms with Crippen molar-refractivity contribution in [3.63, 3.8) is 0 Å². The number of H-pyrrole nitrogens is 2. The Morgan fingerprint density at radius 2 is 1.65 bits per heavy atom. The number of benzene rings is 1. The summed E-state index contributed by atoms with van der Waals surface area (Å²) < 4.78 is 0. The third kappa shape index (κ3) is 1.62. The molecule has 17 heavy (non-hydrogen) atoms. The van der Waals surface area contributed by atoms with Crippen LogP contribution in [0.4, 0.5) is 0 Å². The van der Waals surface area contributed by atoms with Gasteiger partial charge in [-0.2, -0.15) is 0 Å². The van der Waals surface area contributed by atoms with Crippen LogP contribution >= 0.6 is 34.8 Å². The van der Waals surface area contributed by atoms with Crippen LogP contribution in [0.15, 0.2) is 23.0 Å². The summed E-state index contributed by atoms with van der Waals surface area (Å²) in [6, 6.07) is 4.67. The summed E-state index contributed by atoms with van der Waals surface area (Å²) in [6.07, 6.45) is 0. The standard InChI is InChI=1S/C11H5Cl3N2O/c12-4-1-5(13)9-7(2-4)15-10-6(14)3-8(17)16-11(9)10/h1-3,15H,(H,16,17). The fourth-order valence-corrected chi connectivity index (χ4v) is 2.73. The predicted octanol–water partition coefficient (Wildman–Crippen LogP) is 3.97. The highest BCUT2D eigenvalue weighted by atomic mass is 35.5. The molecule has 3 aromatic rings. The van der Waals surface area contributed by atoms with Gasteiger partial charge in [0.25, 0.3) is 0 Å². The normalized spacial score (nSPS) is 11.5. The molecule has 0 saturated carbocycles. The summed E-state index contributed by atoms with van der Waals surface area (Å²) in [4.78, 5) is 17.2. The quantitative estimate of drug-likeness (QED) is 0.646. The molecule has 2 aromatic heterocycles. The first-order valence-corrected chi connectivity index (χ1v) is 5.89. The van der Waals surface area contributed by atoms with E-state index in [1.807, 2.05) is 0 Å². The Labute approximate surface area is 110 Å². The third-order valence-corrected chi connectivity index (χ3v) is 3.37. The van der Waals surface area contributed by atoms with E-state index in [4.69, 9.17) is 34.8 Å². The molecule has 3 rings (SSSR count). The van der Waals surface area contributed by atoms with Gasteiger partial charge in [0.1, 0.15) is 0 Å². The number of fused-ring (bicyclic) bond motifs is 3. The summed E-state index contributed by atoms with van der Waals surface area (Å²) in [7, 11) is 0. The predicted molar refractivity (Wildman–Crippen MR) is 71.5 cm³/mol. The van der Waals surface area contributed by atoms with Crippen molar-refractivity contribution < 1.29 is 0 Å². The highest BCUT2D eigenvalue weighted by Gasteiger charge is 2.12. The molecule has 86 valence electrons. The van der Waals surface area contributed by atoms with Crippen LogP contribution in [0.5, 0.6) is 0 Å². The smallest absolute Gasteiger partial charge is 0.250 e. The largest absolute Gasteiger partial charge is 0.352 e. The van der Waals surface area contributed by atoms with Gasteiger partial charge in [-0.1, -0.05) is 34.8 Å². The monoisotopic (exact) mass is 286 g/mol. The maximum atomic E-state index is 11.4. The Balaban J connectivity index is 2.65. The van der Waals surface area contributed by atoms with E-state index in [0.29, 0.717) is 31.5 Å². The van der Waals surface area contributed by atoms with Gasteiger partial charge in [-0.05, 0) is 12.1 Å². The van der Waals surface area contributed by atoms with Crippen LogP contribution in [-0.2, 0) is 0 Å². The highest BCUT2D eigenvalue weighted by Crippen LogP contribution is 2.34. The van der Waals surface area contributed by atoms with Gasteiger partial charge in [0.05, 0.1) is 26.6 Å². The number of nitrogens with one attached hydrogen (secondary N) is 2. The number of aromatic nitrogens is 2. The zero-order valence-corrected chi connectivity index (χ0v) is 10.5. The molecule has 0 unspecified atom stereocenters. The van der Waals surface area contributed by atoms with Crippen LogP contribution < -0.4 is 5.56 Å². The van der Waals surface area contributed by atoms with Crippen LogP contribution in [0.2, 0.25) is 15.1 Å². The Kier molecular flexibility index (Phi) is 2.36. The lowest BCUT2D eigenvalue weighted by atomic mass is 10.2. The number of aromatic amines is 2. The summed E-state index contributed by atoms with van der Waals surface area (Å²) in [5.41, 5.74) is 1.71. The molecule has 0 fully saturated rings. The van der Waals surface area contributed by atoms with Gasteiger partial charge >= 0.3 is 0 Å². The van der Waals surface area contributed by atoms with Crippen molar-refractivity contribution in [2.24, 2.45) is 0 Å². The van der Waals surface area contributed by atoms with E-state index in [0.717, 1.165) is 5.52 Å². The molecule has 0 spiro atoms. The van der Waals surface area contributed by atoms with Gasteiger partial charge in [-0.3, -0.25) is 4.79 Å². The number of halogens is 3. The third-order valence-electron chi connectivity index (χ3n) is 2.56. The molecule has 0 amide bonds. The minimum Gasteiger partial charge on any atom is -0.352 e. The summed E-state index contributed by atoms with van der Waals surface area (Å²) in [6.45, 7) is 0. The molecular formula is C11H5Cl3N2O. The maximum absolute atomic E-state index is 11.4. The fourth-order valence-electron chi connectivity index (χ4n) is 1.90. The van der Waals surface area contributed by atoms with E-state index in [9.17, 15) is 4.79 Å². The Morgan fingerprint density at radius 3 is 2.41 bits per heavy atom. The number of hydrogen-bond acceptors (Lipinski definition) is 1. The maximum Gasteiger partial charge on any atom is 0.250 e. The molecule has 0 aliphatic carbocycles. The molecule has 3 nitrogen and oxygen atoms in total. The molecule has 0 aliphatic rings. The van der Waals surface area contributed by atoms with Crippen molar-refractivity contribution in [3.8, 4) is 0 Å². The SMILES string of the molecule is O=c1cc(Cl)c2[nH]c3cc(Cl)cc(Cl)c3c2[nH]1. The molecule has 0 aliphatic heterocycles. The first kappa shape index (κ1) is 11.0. The first-order valence-electron chi connectivity index (χ1n) is 4.75. The van der Waals surface area contributed by atoms with Gasteiger partial charge in [0.15, 0.2) is 0 Å². The van der Waals surface area contributed by atoms with E-state index in [-0.39, 0.29) is 5.56 Å². The lowest BCUT2D eigenvalue weighted by Gasteiger charge is -1.96. The second kappa shape index (κ2) is 3.67. The molecule has 0 bridgehead atoms. The average Bonchev–Trinajstić information content (AvgIpc) is 2.56. The van der Waals surface area contributed by atoms with Gasteiger partial charge in [0, 0.05) is 16.5 Å². The fraction of sp³-hybridized carbons (Fsp3) is 0. The number of pyridine rings is 1. The molecular weight excluding hydrogens is 282 g/mol. The summed E-state index contributed by atoms with van der Waals surface area (Å²) in [5, 5.41) is 2.06. The van der Waals surface area contributed by atoms with Crippen molar-refractivity contribution in [2.45, 2.75) is 0 Å². The summed E-state index contributed by atoms with van der Waals surface area (Å²) >= 11 is 18.0. The van der Waals surface area contributed by atoms with Crippen LogP contribution in [0, 0.1) is 0 Å². The van der Waals surface area contributed by atoms with E-state index < -0.39 is 0 Å². The van der Waals surface area contributed by atoms with Gasteiger partial charge in [-0.25, -0.2) is 0 Å². The van der Waals surface area contributed by atoms with Crippen LogP contribution in [-0.4, -0.2) is 9.97 Å². The van der Waals surface area contributed by atoms with Crippen LogP contribution in [0.1, 0.15) is 0 Å². The Bertz CT molecular complexity index is 804. The zero-order valence-electron chi connectivity index (χ0n) is 8.27. The van der Waals surface area contributed by atoms with Gasteiger partial charge < -0.3 is 9.97 Å². The lowest BCUT2D eigenvalue weighted by molar-refractivity contribution is 1.31. The van der Waals surface area contributed by atoms with Crippen molar-refractivity contribution in [2.75, 3.05) is 0 Å². The van der Waals surface area contributed by atoms with E-state index in [1.165, 1.54) is 6.07 Å². The van der Waals surface area contributed by atoms with Crippen molar-refractivity contribution in [3.05, 3.63) is 43.6 Å². The van der Waals surface area contributed by atoms with E-state index in [1.54, 1.807) is 12.1 Å². The molecule has 0 atom stereocenters. The number of rotatable bonds is 0. The van der Waals surface area contributed by atoms with E-state index >= 15 is 0 Å². The van der Waals surface area contributed by atoms with Gasteiger partial charge in [0.2, 0.25) is 5.56 Å². The highest BCUT2D eigenvalue weighted by molar-refractivity contribution is 6.41. The van der Waals surface area contributed by atoms with Crippen molar-refractivity contribution >= 4 is 56.7 Å². The average molecular weight is 288 g/mol. The molecule has 0 saturated heterocycles. The van der Waals surface area contributed by atoms with Crippen LogP contribution in [0.25, 0.3) is 21.9 Å². The minimum absolute atomic E-state index is 0.269. The van der Waals surface area contributed by atoms with Crippen LogP contribution in [0.3, 0.4) is 0 Å². The first-order chi connectivity index (χ1) is 8.06. The topological polar surface area (TPSA) is 48.6 Å². The van der Waals surface area contributed by atoms with Gasteiger partial charge in [-0.15, -0.1) is 0 Å². The van der Waals surface area contributed by atoms with Crippen molar-refractivity contribution in [1.29, 1.82) is 0 Å². The molecule has 2 N–H and O–H groups in total. The zero-order chi connectivity index (χ0) is 12.2. The summed E-state index contributed by atoms with van der Waals surface area (Å²) in [5.74, 6) is 0. The van der Waals surface area contributed by atoms with Crippen molar-refractivity contribution in [1.82, 2.24) is 9.97 Å². The van der Waals surface area contributed by atoms with E-state index in [2.05, 4.69) is 9.97 Å². The molecule has 1 aromatic carbocycles. The second-order valence-corrected chi connectivity index (χ2v) is 4.92. The Hall–Kier alpha value is -1.16. The number of hydrogen-bond donors (Lipinski definition) is 2. The molecule has 0 radical (unpaired) electrons.